The molecule has 1 unspecified atom stereocenters. The van der Waals surface area contributed by atoms with Crippen LogP contribution in [0.15, 0.2) is 24.3 Å². The summed E-state index contributed by atoms with van der Waals surface area (Å²) in [4.78, 5) is 0. The molecule has 0 heterocycles. The van der Waals surface area contributed by atoms with Crippen LogP contribution >= 0.6 is 0 Å². The van der Waals surface area contributed by atoms with Gasteiger partial charge in [0, 0.05) is 19.1 Å². The van der Waals surface area contributed by atoms with E-state index >= 15 is 0 Å². The van der Waals surface area contributed by atoms with Gasteiger partial charge in [0.15, 0.2) is 0 Å². The summed E-state index contributed by atoms with van der Waals surface area (Å²) in [6.07, 6.45) is 0. The second-order valence-corrected chi connectivity index (χ2v) is 6.32. The zero-order valence-electron chi connectivity index (χ0n) is 11.2. The Kier molecular flexibility index (Phi) is 4.72. The van der Waals surface area contributed by atoms with E-state index in [4.69, 9.17) is 5.73 Å². The van der Waals surface area contributed by atoms with E-state index in [9.17, 15) is 8.42 Å². The standard InChI is InChI=1S/C12H21N3O2S/c1-9(2)15(4)18(16,17)14-12-8-6-5-7-11(12)10(3)13/h5-10,14H,13H2,1-4H3. The lowest BCUT2D eigenvalue weighted by Crippen LogP contribution is -2.37. The van der Waals surface area contributed by atoms with Crippen LogP contribution in [0.3, 0.4) is 0 Å². The molecule has 0 saturated heterocycles. The van der Waals surface area contributed by atoms with E-state index in [0.29, 0.717) is 5.69 Å². The molecule has 1 rings (SSSR count). The van der Waals surface area contributed by atoms with E-state index in [1.165, 1.54) is 4.31 Å². The summed E-state index contributed by atoms with van der Waals surface area (Å²) in [7, 11) is -2.00. The first-order valence-electron chi connectivity index (χ1n) is 5.86. The summed E-state index contributed by atoms with van der Waals surface area (Å²) < 4.78 is 28.0. The number of nitrogens with zero attached hydrogens (tertiary/aromatic N) is 1. The monoisotopic (exact) mass is 271 g/mol. The van der Waals surface area contributed by atoms with Crippen molar-refractivity contribution in [3.8, 4) is 0 Å². The van der Waals surface area contributed by atoms with Crippen LogP contribution in [0.4, 0.5) is 5.69 Å². The fourth-order valence-corrected chi connectivity index (χ4v) is 2.64. The minimum Gasteiger partial charge on any atom is -0.324 e. The van der Waals surface area contributed by atoms with Crippen molar-refractivity contribution >= 4 is 15.9 Å². The van der Waals surface area contributed by atoms with E-state index in [2.05, 4.69) is 4.72 Å². The minimum absolute atomic E-state index is 0.107. The minimum atomic E-state index is -3.54. The van der Waals surface area contributed by atoms with Gasteiger partial charge in [-0.1, -0.05) is 18.2 Å². The number of nitrogens with one attached hydrogen (secondary N) is 1. The summed E-state index contributed by atoms with van der Waals surface area (Å²) in [5.41, 5.74) is 7.12. The van der Waals surface area contributed by atoms with Crippen molar-refractivity contribution in [1.82, 2.24) is 4.31 Å². The molecule has 0 aliphatic rings. The maximum Gasteiger partial charge on any atom is 0.301 e. The number of hydrogen-bond acceptors (Lipinski definition) is 3. The van der Waals surface area contributed by atoms with E-state index in [1.807, 2.05) is 32.9 Å². The molecule has 0 aliphatic heterocycles. The highest BCUT2D eigenvalue weighted by Crippen LogP contribution is 2.22. The number of para-hydroxylation sites is 1. The Hall–Kier alpha value is -1.11. The van der Waals surface area contributed by atoms with Crippen molar-refractivity contribution in [3.05, 3.63) is 29.8 Å². The Morgan fingerprint density at radius 2 is 1.78 bits per heavy atom. The average molecular weight is 271 g/mol. The molecule has 1 aromatic carbocycles. The van der Waals surface area contributed by atoms with Crippen LogP contribution in [0, 0.1) is 0 Å². The van der Waals surface area contributed by atoms with Crippen LogP contribution in [0.5, 0.6) is 0 Å². The summed E-state index contributed by atoms with van der Waals surface area (Å²) in [5, 5.41) is 0. The fourth-order valence-electron chi connectivity index (χ4n) is 1.48. The molecule has 1 aromatic rings. The van der Waals surface area contributed by atoms with Gasteiger partial charge >= 0.3 is 10.2 Å². The van der Waals surface area contributed by atoms with Crippen molar-refractivity contribution in [2.45, 2.75) is 32.9 Å². The second-order valence-electron chi connectivity index (χ2n) is 4.59. The Balaban J connectivity index is 3.05. The normalized spacial score (nSPS) is 13.9. The molecule has 0 bridgehead atoms. The molecule has 0 aromatic heterocycles. The topological polar surface area (TPSA) is 75.4 Å². The van der Waals surface area contributed by atoms with Crippen molar-refractivity contribution in [2.75, 3.05) is 11.8 Å². The highest BCUT2D eigenvalue weighted by Gasteiger charge is 2.21. The molecule has 102 valence electrons. The maximum absolute atomic E-state index is 12.1. The third kappa shape index (κ3) is 3.44. The zero-order chi connectivity index (χ0) is 13.9. The molecule has 0 aliphatic carbocycles. The second kappa shape index (κ2) is 5.69. The van der Waals surface area contributed by atoms with Crippen LogP contribution in [0.1, 0.15) is 32.4 Å². The fraction of sp³-hybridized carbons (Fsp3) is 0.500. The summed E-state index contributed by atoms with van der Waals surface area (Å²) in [5.74, 6) is 0. The van der Waals surface area contributed by atoms with E-state index in [1.54, 1.807) is 19.2 Å². The number of nitrogens with two attached hydrogens (primary N) is 1. The highest BCUT2D eigenvalue weighted by molar-refractivity contribution is 7.90. The Bertz CT molecular complexity index is 498. The molecule has 18 heavy (non-hydrogen) atoms. The SMILES string of the molecule is CC(N)c1ccccc1NS(=O)(=O)N(C)C(C)C. The zero-order valence-corrected chi connectivity index (χ0v) is 12.0. The highest BCUT2D eigenvalue weighted by atomic mass is 32.2. The summed E-state index contributed by atoms with van der Waals surface area (Å²) in [6, 6.07) is 6.81. The molecule has 5 nitrogen and oxygen atoms in total. The van der Waals surface area contributed by atoms with Crippen LogP contribution in [-0.2, 0) is 10.2 Å². The van der Waals surface area contributed by atoms with Gasteiger partial charge in [0.2, 0.25) is 0 Å². The molecule has 0 amide bonds. The molecular formula is C12H21N3O2S. The molecule has 1 atom stereocenters. The average Bonchev–Trinajstić information content (AvgIpc) is 2.27. The largest absolute Gasteiger partial charge is 0.324 e. The number of rotatable bonds is 5. The van der Waals surface area contributed by atoms with Gasteiger partial charge in [-0.2, -0.15) is 12.7 Å². The Labute approximate surface area is 109 Å². The molecule has 0 spiro atoms. The summed E-state index contributed by atoms with van der Waals surface area (Å²) in [6.45, 7) is 5.45. The Morgan fingerprint density at radius 3 is 2.28 bits per heavy atom. The third-order valence-corrected chi connectivity index (χ3v) is 4.45. The van der Waals surface area contributed by atoms with Gasteiger partial charge in [0.05, 0.1) is 5.69 Å². The number of benzene rings is 1. The van der Waals surface area contributed by atoms with Gasteiger partial charge < -0.3 is 5.73 Å². The first kappa shape index (κ1) is 14.9. The first-order chi connectivity index (χ1) is 8.25. The van der Waals surface area contributed by atoms with Crippen LogP contribution in [-0.4, -0.2) is 25.8 Å². The van der Waals surface area contributed by atoms with Crippen molar-refractivity contribution in [3.63, 3.8) is 0 Å². The van der Waals surface area contributed by atoms with Gasteiger partial charge in [0.1, 0.15) is 0 Å². The predicted octanol–water partition coefficient (Wildman–Crippen LogP) is 1.70. The molecule has 6 heteroatoms. The lowest BCUT2D eigenvalue weighted by atomic mass is 10.1. The van der Waals surface area contributed by atoms with E-state index < -0.39 is 10.2 Å². The molecular weight excluding hydrogens is 250 g/mol. The smallest absolute Gasteiger partial charge is 0.301 e. The molecule has 0 radical (unpaired) electrons. The van der Waals surface area contributed by atoms with Crippen LogP contribution < -0.4 is 10.5 Å². The molecule has 0 fully saturated rings. The number of anilines is 1. The van der Waals surface area contributed by atoms with Gasteiger partial charge in [-0.15, -0.1) is 0 Å². The van der Waals surface area contributed by atoms with Crippen molar-refractivity contribution in [1.29, 1.82) is 0 Å². The van der Waals surface area contributed by atoms with Gasteiger partial charge in [-0.3, -0.25) is 4.72 Å². The quantitative estimate of drug-likeness (QED) is 0.856. The first-order valence-corrected chi connectivity index (χ1v) is 7.30. The summed E-state index contributed by atoms with van der Waals surface area (Å²) >= 11 is 0. The van der Waals surface area contributed by atoms with Crippen LogP contribution in [0.25, 0.3) is 0 Å². The predicted molar refractivity (Wildman–Crippen MR) is 74.5 cm³/mol. The lowest BCUT2D eigenvalue weighted by molar-refractivity contribution is 0.414. The number of hydrogen-bond donors (Lipinski definition) is 2. The lowest BCUT2D eigenvalue weighted by Gasteiger charge is -2.23. The van der Waals surface area contributed by atoms with Gasteiger partial charge in [0.25, 0.3) is 0 Å². The van der Waals surface area contributed by atoms with Crippen LogP contribution in [0.2, 0.25) is 0 Å². The van der Waals surface area contributed by atoms with Gasteiger partial charge in [-0.05, 0) is 32.4 Å². The van der Waals surface area contributed by atoms with E-state index in [-0.39, 0.29) is 12.1 Å². The van der Waals surface area contributed by atoms with Crippen molar-refractivity contribution in [2.24, 2.45) is 5.73 Å². The maximum atomic E-state index is 12.1. The molecule has 0 saturated carbocycles. The Morgan fingerprint density at radius 1 is 1.22 bits per heavy atom. The van der Waals surface area contributed by atoms with Crippen molar-refractivity contribution < 1.29 is 8.42 Å². The molecule has 3 N–H and O–H groups in total. The third-order valence-electron chi connectivity index (χ3n) is 2.80. The van der Waals surface area contributed by atoms with Gasteiger partial charge in [-0.25, -0.2) is 0 Å². The van der Waals surface area contributed by atoms with E-state index in [0.717, 1.165) is 5.56 Å².